The molecule has 4 aliphatic rings. The fourth-order valence-electron chi connectivity index (χ4n) is 5.08. The third kappa shape index (κ3) is 1.66. The van der Waals surface area contributed by atoms with E-state index in [4.69, 9.17) is 11.6 Å². The maximum atomic E-state index is 9.33. The molecular formula is C14H20ClN. The summed E-state index contributed by atoms with van der Waals surface area (Å²) < 4.78 is 0. The quantitative estimate of drug-likeness (QED) is 0.685. The lowest BCUT2D eigenvalue weighted by Gasteiger charge is -2.55. The summed E-state index contributed by atoms with van der Waals surface area (Å²) in [6.45, 7) is 0. The van der Waals surface area contributed by atoms with Crippen LogP contribution in [0.15, 0.2) is 0 Å². The summed E-state index contributed by atoms with van der Waals surface area (Å²) in [5.74, 6) is 5.33. The van der Waals surface area contributed by atoms with Gasteiger partial charge >= 0.3 is 0 Å². The number of nitrogens with zero attached hydrogens (tertiary/aromatic N) is 1. The van der Waals surface area contributed by atoms with Crippen LogP contribution in [-0.2, 0) is 0 Å². The van der Waals surface area contributed by atoms with Crippen molar-refractivity contribution < 1.29 is 0 Å². The number of hydrogen-bond donors (Lipinski definition) is 0. The second-order valence-corrected chi connectivity index (χ2v) is 6.60. The standard InChI is InChI=1S/C14H20ClN/c15-2-1-11(8-16)14-12-4-9-3-10(6-12)7-13(14)5-9/h9-14H,1-7H2. The molecule has 0 aliphatic heterocycles. The molecule has 0 aromatic carbocycles. The summed E-state index contributed by atoms with van der Waals surface area (Å²) in [6, 6.07) is 2.55. The van der Waals surface area contributed by atoms with Gasteiger partial charge < -0.3 is 0 Å². The predicted octanol–water partition coefficient (Wildman–Crippen LogP) is 3.83. The van der Waals surface area contributed by atoms with Gasteiger partial charge in [-0.05, 0) is 68.1 Å². The van der Waals surface area contributed by atoms with E-state index in [2.05, 4.69) is 6.07 Å². The van der Waals surface area contributed by atoms with Crippen molar-refractivity contribution in [2.24, 2.45) is 35.5 Å². The third-order valence-corrected chi connectivity index (χ3v) is 5.57. The molecule has 4 aliphatic carbocycles. The normalized spacial score (nSPS) is 46.6. The van der Waals surface area contributed by atoms with E-state index in [-0.39, 0.29) is 5.92 Å². The number of rotatable bonds is 3. The van der Waals surface area contributed by atoms with E-state index in [1.165, 1.54) is 32.1 Å². The van der Waals surface area contributed by atoms with Crippen LogP contribution in [0, 0.1) is 46.8 Å². The van der Waals surface area contributed by atoms with Gasteiger partial charge in [0.1, 0.15) is 0 Å². The Hall–Kier alpha value is -0.220. The third-order valence-electron chi connectivity index (χ3n) is 5.35. The zero-order valence-electron chi connectivity index (χ0n) is 9.74. The minimum Gasteiger partial charge on any atom is -0.198 e. The number of alkyl halides is 1. The first kappa shape index (κ1) is 10.9. The topological polar surface area (TPSA) is 23.8 Å². The van der Waals surface area contributed by atoms with Crippen molar-refractivity contribution in [2.45, 2.75) is 38.5 Å². The minimum atomic E-state index is 0.243. The Kier molecular flexibility index (Phi) is 2.88. The molecule has 4 rings (SSSR count). The molecule has 1 atom stereocenters. The second-order valence-electron chi connectivity index (χ2n) is 6.22. The Labute approximate surface area is 103 Å². The Morgan fingerprint density at radius 3 is 2.06 bits per heavy atom. The van der Waals surface area contributed by atoms with E-state index in [0.29, 0.717) is 11.8 Å². The molecule has 0 heterocycles. The van der Waals surface area contributed by atoms with Crippen LogP contribution < -0.4 is 0 Å². The lowest BCUT2D eigenvalue weighted by molar-refractivity contribution is -0.0525. The lowest BCUT2D eigenvalue weighted by Crippen LogP contribution is -2.47. The Morgan fingerprint density at radius 2 is 1.62 bits per heavy atom. The maximum absolute atomic E-state index is 9.33. The molecule has 2 heteroatoms. The van der Waals surface area contributed by atoms with Gasteiger partial charge in [0, 0.05) is 5.88 Å². The first-order chi connectivity index (χ1) is 7.81. The zero-order chi connectivity index (χ0) is 11.1. The smallest absolute Gasteiger partial charge is 0.0659 e. The van der Waals surface area contributed by atoms with Crippen molar-refractivity contribution in [1.82, 2.24) is 0 Å². The molecule has 1 unspecified atom stereocenters. The second kappa shape index (κ2) is 4.22. The van der Waals surface area contributed by atoms with Gasteiger partial charge in [-0.25, -0.2) is 0 Å². The fourth-order valence-corrected chi connectivity index (χ4v) is 5.32. The Bertz CT molecular complexity index is 278. The van der Waals surface area contributed by atoms with Crippen LogP contribution in [0.25, 0.3) is 0 Å². The zero-order valence-corrected chi connectivity index (χ0v) is 10.5. The van der Waals surface area contributed by atoms with E-state index in [9.17, 15) is 5.26 Å². The summed E-state index contributed by atoms with van der Waals surface area (Å²) >= 11 is 5.84. The molecule has 0 saturated heterocycles. The summed E-state index contributed by atoms with van der Waals surface area (Å²) in [7, 11) is 0. The molecule has 0 aromatic heterocycles. The highest BCUT2D eigenvalue weighted by atomic mass is 35.5. The lowest BCUT2D eigenvalue weighted by atomic mass is 9.49. The molecule has 16 heavy (non-hydrogen) atoms. The molecule has 1 nitrogen and oxygen atoms in total. The molecule has 0 amide bonds. The van der Waals surface area contributed by atoms with Gasteiger partial charge in [-0.2, -0.15) is 5.26 Å². The Morgan fingerprint density at radius 1 is 1.06 bits per heavy atom. The van der Waals surface area contributed by atoms with Crippen molar-refractivity contribution in [2.75, 3.05) is 5.88 Å². The van der Waals surface area contributed by atoms with Crippen molar-refractivity contribution >= 4 is 11.6 Å². The van der Waals surface area contributed by atoms with Crippen molar-refractivity contribution in [3.05, 3.63) is 0 Å². The maximum Gasteiger partial charge on any atom is 0.0659 e. The predicted molar refractivity (Wildman–Crippen MR) is 65.0 cm³/mol. The first-order valence-corrected chi connectivity index (χ1v) is 7.30. The molecule has 4 fully saturated rings. The highest BCUT2D eigenvalue weighted by Gasteiger charge is 2.50. The van der Waals surface area contributed by atoms with Crippen LogP contribution in [0.1, 0.15) is 38.5 Å². The van der Waals surface area contributed by atoms with Gasteiger partial charge in [0.2, 0.25) is 0 Å². The molecule has 0 aromatic rings. The van der Waals surface area contributed by atoms with Crippen LogP contribution in [-0.4, -0.2) is 5.88 Å². The summed E-state index contributed by atoms with van der Waals surface area (Å²) in [6.07, 6.45) is 8.06. The van der Waals surface area contributed by atoms with Crippen LogP contribution in [0.2, 0.25) is 0 Å². The number of hydrogen-bond acceptors (Lipinski definition) is 1. The SMILES string of the molecule is N#CC(CCCl)C1C2CC3CC(C2)CC1C3. The van der Waals surface area contributed by atoms with Gasteiger partial charge in [-0.3, -0.25) is 0 Å². The highest BCUT2D eigenvalue weighted by Crippen LogP contribution is 2.58. The molecule has 4 saturated carbocycles. The first-order valence-electron chi connectivity index (χ1n) is 6.77. The number of nitriles is 1. The fraction of sp³-hybridized carbons (Fsp3) is 0.929. The van der Waals surface area contributed by atoms with Gasteiger partial charge in [0.15, 0.2) is 0 Å². The largest absolute Gasteiger partial charge is 0.198 e. The average molecular weight is 238 g/mol. The van der Waals surface area contributed by atoms with Crippen molar-refractivity contribution in [3.63, 3.8) is 0 Å². The Balaban J connectivity index is 1.78. The van der Waals surface area contributed by atoms with Gasteiger partial charge in [-0.1, -0.05) is 0 Å². The molecule has 88 valence electrons. The van der Waals surface area contributed by atoms with Gasteiger partial charge in [-0.15, -0.1) is 11.6 Å². The van der Waals surface area contributed by atoms with E-state index in [1.807, 2.05) is 0 Å². The molecular weight excluding hydrogens is 218 g/mol. The summed E-state index contributed by atoms with van der Waals surface area (Å²) in [5, 5.41) is 9.33. The summed E-state index contributed by atoms with van der Waals surface area (Å²) in [5.41, 5.74) is 0. The van der Waals surface area contributed by atoms with Crippen LogP contribution in [0.4, 0.5) is 0 Å². The average Bonchev–Trinajstić information content (AvgIpc) is 2.26. The number of halogens is 1. The van der Waals surface area contributed by atoms with Gasteiger partial charge in [0.25, 0.3) is 0 Å². The highest BCUT2D eigenvalue weighted by molar-refractivity contribution is 6.17. The van der Waals surface area contributed by atoms with E-state index in [0.717, 1.165) is 30.1 Å². The summed E-state index contributed by atoms with van der Waals surface area (Å²) in [4.78, 5) is 0. The van der Waals surface area contributed by atoms with Gasteiger partial charge in [0.05, 0.1) is 12.0 Å². The van der Waals surface area contributed by atoms with E-state index in [1.54, 1.807) is 0 Å². The van der Waals surface area contributed by atoms with Crippen LogP contribution in [0.5, 0.6) is 0 Å². The van der Waals surface area contributed by atoms with Crippen LogP contribution in [0.3, 0.4) is 0 Å². The van der Waals surface area contributed by atoms with Crippen molar-refractivity contribution in [1.29, 1.82) is 5.26 Å². The van der Waals surface area contributed by atoms with Crippen molar-refractivity contribution in [3.8, 4) is 6.07 Å². The molecule has 0 spiro atoms. The monoisotopic (exact) mass is 237 g/mol. The van der Waals surface area contributed by atoms with E-state index < -0.39 is 0 Å². The van der Waals surface area contributed by atoms with E-state index >= 15 is 0 Å². The van der Waals surface area contributed by atoms with Crippen LogP contribution >= 0.6 is 11.6 Å². The molecule has 0 radical (unpaired) electrons. The molecule has 0 N–H and O–H groups in total. The minimum absolute atomic E-state index is 0.243. The molecule has 4 bridgehead atoms.